The summed E-state index contributed by atoms with van der Waals surface area (Å²) < 4.78 is 0. The highest BCUT2D eigenvalue weighted by molar-refractivity contribution is 5.96. The highest BCUT2D eigenvalue weighted by atomic mass is 16.4. The molecule has 0 saturated carbocycles. The summed E-state index contributed by atoms with van der Waals surface area (Å²) in [4.78, 5) is 89.2. The van der Waals surface area contributed by atoms with E-state index in [4.69, 9.17) is 16.6 Å². The van der Waals surface area contributed by atoms with Crippen LogP contribution in [0.15, 0.2) is 54.6 Å². The molecule has 0 aliphatic rings. The van der Waals surface area contributed by atoms with E-state index in [1.807, 2.05) is 13.8 Å². The molecule has 16 heteroatoms. The van der Waals surface area contributed by atoms with E-state index in [9.17, 15) is 38.7 Å². The third-order valence-corrected chi connectivity index (χ3v) is 7.98. The van der Waals surface area contributed by atoms with E-state index < -0.39 is 78.2 Å². The summed E-state index contributed by atoms with van der Waals surface area (Å²) in [5.41, 5.74) is 12.5. The van der Waals surface area contributed by atoms with Gasteiger partial charge < -0.3 is 48.3 Å². The summed E-state index contributed by atoms with van der Waals surface area (Å²) >= 11 is 0. The van der Waals surface area contributed by atoms with Crippen LogP contribution in [0.25, 0.3) is 0 Å². The van der Waals surface area contributed by atoms with Gasteiger partial charge >= 0.3 is 5.97 Å². The predicted molar refractivity (Wildman–Crippen MR) is 191 cm³/mol. The molecule has 52 heavy (non-hydrogen) atoms. The lowest BCUT2D eigenvalue weighted by molar-refractivity contribution is -0.137. The Morgan fingerprint density at radius 3 is 1.75 bits per heavy atom. The number of rotatable bonds is 21. The number of hydrogen-bond donors (Lipinski definition) is 9. The fraction of sp³-hybridized carbons (Fsp3) is 0.472. The van der Waals surface area contributed by atoms with Crippen LogP contribution in [0, 0.1) is 11.8 Å². The van der Waals surface area contributed by atoms with E-state index >= 15 is 0 Å². The molecule has 16 nitrogen and oxygen atoms in total. The molecule has 0 aliphatic carbocycles. The van der Waals surface area contributed by atoms with Gasteiger partial charge in [0, 0.05) is 19.3 Å². The Morgan fingerprint density at radius 1 is 0.692 bits per heavy atom. The van der Waals surface area contributed by atoms with Crippen LogP contribution < -0.4 is 38.1 Å². The minimum Gasteiger partial charge on any atom is -0.508 e. The summed E-state index contributed by atoms with van der Waals surface area (Å²) in [5.74, 6) is -5.90. The monoisotopic (exact) mass is 725 g/mol. The van der Waals surface area contributed by atoms with Gasteiger partial charge in [0.2, 0.25) is 35.4 Å². The van der Waals surface area contributed by atoms with Crippen molar-refractivity contribution in [2.24, 2.45) is 23.3 Å². The molecule has 5 atom stereocenters. The van der Waals surface area contributed by atoms with Gasteiger partial charge in [-0.25, -0.2) is 0 Å². The first-order chi connectivity index (χ1) is 24.5. The number of aromatic hydroxyl groups is 1. The minimum atomic E-state index is -1.25. The van der Waals surface area contributed by atoms with E-state index in [1.54, 1.807) is 56.3 Å². The number of nitrogens with one attached hydrogen (secondary N) is 5. The van der Waals surface area contributed by atoms with Gasteiger partial charge in [0.1, 0.15) is 29.9 Å². The minimum absolute atomic E-state index is 0.0145. The molecule has 0 bridgehead atoms. The maximum atomic E-state index is 13.8. The molecule has 284 valence electrons. The van der Waals surface area contributed by atoms with Crippen molar-refractivity contribution in [1.29, 1.82) is 0 Å². The van der Waals surface area contributed by atoms with Crippen LogP contribution in [0.5, 0.6) is 5.75 Å². The molecule has 2 aromatic rings. The highest BCUT2D eigenvalue weighted by Crippen LogP contribution is 2.13. The standard InChI is InChI=1S/C36H51N7O9/c1-20(2)16-26(41-36(52)28(17-22-8-6-5-7-9-22)40-33(49)25(37)14-15-30(46)47)35(51)42-27(18-23-10-12-24(44)13-11-23)34(50)39-19-29(45)43-31(21(3)4)32(38)48/h5-13,20-21,25-28,31,44H,14-19,37H2,1-4H3,(H2,38,48)(H,39,50)(H,40,49)(H,41,52)(H,42,51)(H,43,45)(H,46,47)/t25-,26-,27-,28-,31-/m0/s1. The largest absolute Gasteiger partial charge is 0.508 e. The van der Waals surface area contributed by atoms with E-state index in [-0.39, 0.29) is 49.7 Å². The Hall–Kier alpha value is -5.51. The number of carbonyl (C=O) groups is 7. The molecule has 0 aliphatic heterocycles. The maximum Gasteiger partial charge on any atom is 0.303 e. The van der Waals surface area contributed by atoms with Crippen molar-refractivity contribution in [3.8, 4) is 5.75 Å². The lowest BCUT2D eigenvalue weighted by Crippen LogP contribution is -2.59. The van der Waals surface area contributed by atoms with Crippen molar-refractivity contribution in [2.45, 2.75) is 90.0 Å². The first-order valence-electron chi connectivity index (χ1n) is 17.0. The first kappa shape index (κ1) is 42.7. The third-order valence-electron chi connectivity index (χ3n) is 7.98. The van der Waals surface area contributed by atoms with E-state index in [2.05, 4.69) is 26.6 Å². The molecule has 0 heterocycles. The zero-order chi connectivity index (χ0) is 39.0. The topological polar surface area (TPSA) is 272 Å². The Balaban J connectivity index is 2.30. The molecular weight excluding hydrogens is 674 g/mol. The molecular formula is C36H51N7O9. The van der Waals surface area contributed by atoms with E-state index in [0.29, 0.717) is 11.1 Å². The fourth-order valence-electron chi connectivity index (χ4n) is 5.15. The average Bonchev–Trinajstić information content (AvgIpc) is 3.08. The molecule has 0 aromatic heterocycles. The number of carboxylic acids is 1. The summed E-state index contributed by atoms with van der Waals surface area (Å²) in [7, 11) is 0. The Kier molecular flexibility index (Phi) is 17.2. The van der Waals surface area contributed by atoms with Gasteiger partial charge in [0.05, 0.1) is 12.6 Å². The van der Waals surface area contributed by atoms with Crippen molar-refractivity contribution >= 4 is 41.4 Å². The van der Waals surface area contributed by atoms with Crippen LogP contribution in [0.2, 0.25) is 0 Å². The number of benzene rings is 2. The van der Waals surface area contributed by atoms with E-state index in [1.165, 1.54) is 12.1 Å². The average molecular weight is 726 g/mol. The number of phenols is 1. The number of amides is 6. The van der Waals surface area contributed by atoms with E-state index in [0.717, 1.165) is 0 Å². The van der Waals surface area contributed by atoms with Gasteiger partial charge in [0.25, 0.3) is 0 Å². The number of carboxylic acid groups (broad SMARTS) is 1. The quantitative estimate of drug-likeness (QED) is 0.0804. The zero-order valence-corrected chi connectivity index (χ0v) is 29.9. The second-order valence-corrected chi connectivity index (χ2v) is 13.3. The molecule has 0 spiro atoms. The summed E-state index contributed by atoms with van der Waals surface area (Å²) in [6, 6.07) is 8.92. The summed E-state index contributed by atoms with van der Waals surface area (Å²) in [6.07, 6.45) is -0.396. The lowest BCUT2D eigenvalue weighted by Gasteiger charge is -2.27. The van der Waals surface area contributed by atoms with Crippen LogP contribution >= 0.6 is 0 Å². The van der Waals surface area contributed by atoms with Gasteiger partial charge in [-0.1, -0.05) is 70.2 Å². The molecule has 0 saturated heterocycles. The predicted octanol–water partition coefficient (Wildman–Crippen LogP) is -0.388. The van der Waals surface area contributed by atoms with Crippen molar-refractivity contribution in [3.63, 3.8) is 0 Å². The number of nitrogens with two attached hydrogens (primary N) is 2. The van der Waals surface area contributed by atoms with Crippen LogP contribution in [-0.4, -0.2) is 88.4 Å². The molecule has 0 fully saturated rings. The third kappa shape index (κ3) is 15.2. The molecule has 0 unspecified atom stereocenters. The SMILES string of the molecule is CC(C)C[C@H](NC(=O)[C@H](Cc1ccccc1)NC(=O)[C@@H](N)CCC(=O)O)C(=O)N[C@@H](Cc1ccc(O)cc1)C(=O)NCC(=O)N[C@H](C(N)=O)C(C)C. The molecule has 6 amide bonds. The summed E-state index contributed by atoms with van der Waals surface area (Å²) in [5, 5.41) is 31.6. The Morgan fingerprint density at radius 2 is 1.21 bits per heavy atom. The molecule has 2 aromatic carbocycles. The number of hydrogen-bond acceptors (Lipinski definition) is 9. The maximum absolute atomic E-state index is 13.8. The van der Waals surface area contributed by atoms with Crippen LogP contribution in [0.3, 0.4) is 0 Å². The second-order valence-electron chi connectivity index (χ2n) is 13.3. The Bertz CT molecular complexity index is 1530. The van der Waals surface area contributed by atoms with Gasteiger partial charge in [-0.05, 0) is 47.9 Å². The number of aliphatic carboxylic acids is 1. The smallest absolute Gasteiger partial charge is 0.303 e. The number of primary amides is 1. The normalized spacial score (nSPS) is 13.9. The van der Waals surface area contributed by atoms with Crippen LogP contribution in [0.4, 0.5) is 0 Å². The van der Waals surface area contributed by atoms with Gasteiger partial charge in [-0.3, -0.25) is 33.6 Å². The Labute approximate surface area is 302 Å². The van der Waals surface area contributed by atoms with Crippen molar-refractivity contribution in [1.82, 2.24) is 26.6 Å². The lowest BCUT2D eigenvalue weighted by atomic mass is 9.99. The van der Waals surface area contributed by atoms with Crippen molar-refractivity contribution in [3.05, 3.63) is 65.7 Å². The molecule has 2 rings (SSSR count). The first-order valence-corrected chi connectivity index (χ1v) is 17.0. The highest BCUT2D eigenvalue weighted by Gasteiger charge is 2.32. The van der Waals surface area contributed by atoms with Crippen molar-refractivity contribution < 1.29 is 43.8 Å². The number of carbonyl (C=O) groups excluding carboxylic acids is 6. The van der Waals surface area contributed by atoms with Gasteiger partial charge in [-0.2, -0.15) is 0 Å². The zero-order valence-electron chi connectivity index (χ0n) is 29.9. The van der Waals surface area contributed by atoms with Crippen LogP contribution in [0.1, 0.15) is 58.1 Å². The molecule has 11 N–H and O–H groups in total. The summed E-state index contributed by atoms with van der Waals surface area (Å²) in [6.45, 7) is 6.51. The fourth-order valence-corrected chi connectivity index (χ4v) is 5.15. The number of phenolic OH excluding ortho intramolecular Hbond substituents is 1. The van der Waals surface area contributed by atoms with Gasteiger partial charge in [-0.15, -0.1) is 0 Å². The van der Waals surface area contributed by atoms with Crippen molar-refractivity contribution in [2.75, 3.05) is 6.54 Å². The van der Waals surface area contributed by atoms with Crippen LogP contribution in [-0.2, 0) is 46.4 Å². The van der Waals surface area contributed by atoms with Gasteiger partial charge in [0.15, 0.2) is 0 Å². The molecule has 0 radical (unpaired) electrons. The second kappa shape index (κ2) is 21.0.